The lowest BCUT2D eigenvalue weighted by Gasteiger charge is -2.09. The molecule has 1 aromatic carbocycles. The Morgan fingerprint density at radius 1 is 1.32 bits per heavy atom. The van der Waals surface area contributed by atoms with Gasteiger partial charge in [-0.3, -0.25) is 4.72 Å². The second kappa shape index (κ2) is 4.85. The molecule has 5 nitrogen and oxygen atoms in total. The van der Waals surface area contributed by atoms with Gasteiger partial charge in [-0.2, -0.15) is 0 Å². The smallest absolute Gasteiger partial charge is 0.263 e. The molecule has 2 rings (SSSR count). The summed E-state index contributed by atoms with van der Waals surface area (Å²) in [5.41, 5.74) is 5.87. The van der Waals surface area contributed by atoms with Crippen LogP contribution in [0.3, 0.4) is 0 Å². The number of pyridine rings is 1. The van der Waals surface area contributed by atoms with Gasteiger partial charge >= 0.3 is 0 Å². The molecule has 2 aromatic rings. The molecule has 0 amide bonds. The maximum atomic E-state index is 13.5. The van der Waals surface area contributed by atoms with Crippen LogP contribution in [0.5, 0.6) is 0 Å². The molecule has 0 aliphatic rings. The molecule has 19 heavy (non-hydrogen) atoms. The standard InChI is InChI=1S/C12H12FN3O2S/c1-8-10(13)6-9(7-11(8)14)19(17,18)16-12-4-2-3-5-15-12/h2-7H,14H2,1H3,(H,15,16). The lowest BCUT2D eigenvalue weighted by atomic mass is 10.2. The molecule has 3 N–H and O–H groups in total. The summed E-state index contributed by atoms with van der Waals surface area (Å²) in [7, 11) is -3.91. The summed E-state index contributed by atoms with van der Waals surface area (Å²) in [5, 5.41) is 0. The Morgan fingerprint density at radius 3 is 2.63 bits per heavy atom. The average Bonchev–Trinajstić information content (AvgIpc) is 2.36. The number of rotatable bonds is 3. The van der Waals surface area contributed by atoms with E-state index in [1.54, 1.807) is 12.1 Å². The number of anilines is 2. The third-order valence-electron chi connectivity index (χ3n) is 2.57. The first-order valence-corrected chi connectivity index (χ1v) is 6.88. The number of nitrogens with one attached hydrogen (secondary N) is 1. The van der Waals surface area contributed by atoms with E-state index < -0.39 is 15.8 Å². The number of hydrogen-bond donors (Lipinski definition) is 2. The van der Waals surface area contributed by atoms with E-state index in [9.17, 15) is 12.8 Å². The van der Waals surface area contributed by atoms with Crippen LogP contribution in [-0.2, 0) is 10.0 Å². The molecule has 0 atom stereocenters. The van der Waals surface area contributed by atoms with E-state index >= 15 is 0 Å². The molecule has 0 aliphatic carbocycles. The van der Waals surface area contributed by atoms with Crippen molar-refractivity contribution in [2.24, 2.45) is 0 Å². The average molecular weight is 281 g/mol. The van der Waals surface area contributed by atoms with Crippen molar-refractivity contribution in [1.82, 2.24) is 4.98 Å². The van der Waals surface area contributed by atoms with Gasteiger partial charge in [0, 0.05) is 17.4 Å². The van der Waals surface area contributed by atoms with E-state index in [4.69, 9.17) is 5.73 Å². The molecule has 0 saturated carbocycles. The molecule has 0 bridgehead atoms. The maximum Gasteiger partial charge on any atom is 0.263 e. The van der Waals surface area contributed by atoms with Gasteiger partial charge in [-0.25, -0.2) is 17.8 Å². The molecule has 0 spiro atoms. The van der Waals surface area contributed by atoms with Gasteiger partial charge in [0.15, 0.2) is 0 Å². The fourth-order valence-electron chi connectivity index (χ4n) is 1.45. The molecule has 0 unspecified atom stereocenters. The monoisotopic (exact) mass is 281 g/mol. The van der Waals surface area contributed by atoms with Gasteiger partial charge in [0.2, 0.25) is 0 Å². The van der Waals surface area contributed by atoms with Crippen LogP contribution in [0.1, 0.15) is 5.56 Å². The molecule has 1 heterocycles. The highest BCUT2D eigenvalue weighted by molar-refractivity contribution is 7.92. The van der Waals surface area contributed by atoms with Crippen LogP contribution in [0, 0.1) is 12.7 Å². The summed E-state index contributed by atoms with van der Waals surface area (Å²) >= 11 is 0. The van der Waals surface area contributed by atoms with Crippen LogP contribution < -0.4 is 10.5 Å². The Kier molecular flexibility index (Phi) is 3.39. The van der Waals surface area contributed by atoms with E-state index in [2.05, 4.69) is 9.71 Å². The molecule has 0 fully saturated rings. The van der Waals surface area contributed by atoms with Crippen LogP contribution in [0.2, 0.25) is 0 Å². The fraction of sp³-hybridized carbons (Fsp3) is 0.0833. The van der Waals surface area contributed by atoms with Gasteiger partial charge in [0.1, 0.15) is 11.6 Å². The predicted molar refractivity (Wildman–Crippen MR) is 70.6 cm³/mol. The Morgan fingerprint density at radius 2 is 2.05 bits per heavy atom. The number of sulfonamides is 1. The van der Waals surface area contributed by atoms with Crippen LogP contribution in [0.15, 0.2) is 41.4 Å². The zero-order valence-electron chi connectivity index (χ0n) is 10.1. The Hall–Kier alpha value is -2.15. The van der Waals surface area contributed by atoms with E-state index in [0.717, 1.165) is 6.07 Å². The highest BCUT2D eigenvalue weighted by Gasteiger charge is 2.17. The highest BCUT2D eigenvalue weighted by Crippen LogP contribution is 2.22. The van der Waals surface area contributed by atoms with Crippen LogP contribution in [0.4, 0.5) is 15.9 Å². The molecule has 100 valence electrons. The van der Waals surface area contributed by atoms with E-state index in [-0.39, 0.29) is 22.0 Å². The second-order valence-electron chi connectivity index (χ2n) is 3.94. The predicted octanol–water partition coefficient (Wildman–Crippen LogP) is 1.91. The first-order valence-electron chi connectivity index (χ1n) is 5.39. The van der Waals surface area contributed by atoms with Gasteiger partial charge in [-0.1, -0.05) is 6.07 Å². The van der Waals surface area contributed by atoms with Gasteiger partial charge in [-0.15, -0.1) is 0 Å². The van der Waals surface area contributed by atoms with Crippen LogP contribution >= 0.6 is 0 Å². The zero-order chi connectivity index (χ0) is 14.0. The number of hydrogen-bond acceptors (Lipinski definition) is 4. The topological polar surface area (TPSA) is 85.1 Å². The lowest BCUT2D eigenvalue weighted by molar-refractivity contribution is 0.593. The summed E-state index contributed by atoms with van der Waals surface area (Å²) in [6.45, 7) is 1.48. The molecule has 0 aliphatic heterocycles. The van der Waals surface area contributed by atoms with Crippen molar-refractivity contribution in [2.75, 3.05) is 10.5 Å². The first kappa shape index (κ1) is 13.3. The molecular formula is C12H12FN3O2S. The third-order valence-corrected chi connectivity index (χ3v) is 3.91. The molecule has 0 radical (unpaired) electrons. The molecule has 0 saturated heterocycles. The lowest BCUT2D eigenvalue weighted by Crippen LogP contribution is -2.14. The van der Waals surface area contributed by atoms with Crippen molar-refractivity contribution in [1.29, 1.82) is 0 Å². The van der Waals surface area contributed by atoms with E-state index in [1.165, 1.54) is 25.3 Å². The quantitative estimate of drug-likeness (QED) is 0.842. The Balaban J connectivity index is 2.40. The zero-order valence-corrected chi connectivity index (χ0v) is 10.9. The molecule has 7 heteroatoms. The third kappa shape index (κ3) is 2.82. The summed E-state index contributed by atoms with van der Waals surface area (Å²) in [6, 6.07) is 6.92. The summed E-state index contributed by atoms with van der Waals surface area (Å²) in [5.74, 6) is -0.511. The van der Waals surface area contributed by atoms with Crippen LogP contribution in [0.25, 0.3) is 0 Å². The number of benzene rings is 1. The summed E-state index contributed by atoms with van der Waals surface area (Å²) in [4.78, 5) is 3.60. The van der Waals surface area contributed by atoms with Crippen molar-refractivity contribution < 1.29 is 12.8 Å². The van der Waals surface area contributed by atoms with Crippen molar-refractivity contribution >= 4 is 21.5 Å². The Labute approximate surface area is 110 Å². The summed E-state index contributed by atoms with van der Waals surface area (Å²) < 4.78 is 39.9. The van der Waals surface area contributed by atoms with Crippen molar-refractivity contribution in [2.45, 2.75) is 11.8 Å². The summed E-state index contributed by atoms with van der Waals surface area (Å²) in [6.07, 6.45) is 1.45. The van der Waals surface area contributed by atoms with Crippen molar-refractivity contribution in [3.63, 3.8) is 0 Å². The number of nitrogens with two attached hydrogens (primary N) is 1. The van der Waals surface area contributed by atoms with Gasteiger partial charge < -0.3 is 5.73 Å². The minimum atomic E-state index is -3.91. The number of nitrogens with zero attached hydrogens (tertiary/aromatic N) is 1. The van der Waals surface area contributed by atoms with Gasteiger partial charge in [-0.05, 0) is 31.2 Å². The number of aromatic nitrogens is 1. The molecule has 1 aromatic heterocycles. The Bertz CT molecular complexity index is 679. The van der Waals surface area contributed by atoms with Crippen LogP contribution in [-0.4, -0.2) is 13.4 Å². The van der Waals surface area contributed by atoms with Gasteiger partial charge in [0.05, 0.1) is 4.90 Å². The molecular weight excluding hydrogens is 269 g/mol. The number of nitrogen functional groups attached to an aromatic ring is 1. The van der Waals surface area contributed by atoms with Gasteiger partial charge in [0.25, 0.3) is 10.0 Å². The normalized spacial score (nSPS) is 11.3. The van der Waals surface area contributed by atoms with E-state index in [1.807, 2.05) is 0 Å². The van der Waals surface area contributed by atoms with Crippen molar-refractivity contribution in [3.05, 3.63) is 47.9 Å². The fourth-order valence-corrected chi connectivity index (χ4v) is 2.50. The SMILES string of the molecule is Cc1c(N)cc(S(=O)(=O)Nc2ccccn2)cc1F. The second-order valence-corrected chi connectivity index (χ2v) is 5.62. The van der Waals surface area contributed by atoms with Crippen molar-refractivity contribution in [3.8, 4) is 0 Å². The highest BCUT2D eigenvalue weighted by atomic mass is 32.2. The minimum Gasteiger partial charge on any atom is -0.398 e. The number of halogens is 1. The maximum absolute atomic E-state index is 13.5. The minimum absolute atomic E-state index is 0.0846. The first-order chi connectivity index (χ1) is 8.90. The largest absolute Gasteiger partial charge is 0.398 e. The van der Waals surface area contributed by atoms with E-state index in [0.29, 0.717) is 0 Å².